The van der Waals surface area contributed by atoms with E-state index in [1.165, 1.54) is 0 Å². The first-order valence-corrected chi connectivity index (χ1v) is 6.20. The summed E-state index contributed by atoms with van der Waals surface area (Å²) in [5.41, 5.74) is 0.000980. The molecule has 0 bridgehead atoms. The number of ether oxygens (including phenoxy) is 2. The Morgan fingerprint density at radius 1 is 1.41 bits per heavy atom. The van der Waals surface area contributed by atoms with Crippen molar-refractivity contribution in [1.29, 1.82) is 0 Å². The third kappa shape index (κ3) is 3.07. The van der Waals surface area contributed by atoms with Crippen molar-refractivity contribution in [3.63, 3.8) is 0 Å². The average molecular weight is 239 g/mol. The first-order valence-electron chi connectivity index (χ1n) is 6.20. The lowest BCUT2D eigenvalue weighted by Gasteiger charge is -2.31. The van der Waals surface area contributed by atoms with Gasteiger partial charge in [-0.05, 0) is 52.8 Å². The molecule has 2 heterocycles. The van der Waals surface area contributed by atoms with Gasteiger partial charge < -0.3 is 14.8 Å². The van der Waals surface area contributed by atoms with Gasteiger partial charge in [0.15, 0.2) is 0 Å². The lowest BCUT2D eigenvalue weighted by Crippen LogP contribution is -2.40. The van der Waals surface area contributed by atoms with E-state index in [2.05, 4.69) is 5.32 Å². The molecule has 2 aliphatic heterocycles. The van der Waals surface area contributed by atoms with Gasteiger partial charge in [-0.15, -0.1) is 0 Å². The summed E-state index contributed by atoms with van der Waals surface area (Å²) in [6.45, 7) is 7.90. The van der Waals surface area contributed by atoms with Gasteiger partial charge in [-0.3, -0.25) is 0 Å². The monoisotopic (exact) mass is 239 g/mol. The van der Waals surface area contributed by atoms with Gasteiger partial charge in [0, 0.05) is 0 Å². The number of piperidine rings is 1. The van der Waals surface area contributed by atoms with Crippen LogP contribution in [-0.4, -0.2) is 36.9 Å². The lowest BCUT2D eigenvalue weighted by atomic mass is 9.92. The summed E-state index contributed by atoms with van der Waals surface area (Å²) in [4.78, 5) is 11.9. The van der Waals surface area contributed by atoms with E-state index in [1.807, 2.05) is 26.8 Å². The Bertz CT molecular complexity index is 335. The highest BCUT2D eigenvalue weighted by atomic mass is 16.6. The van der Waals surface area contributed by atoms with Gasteiger partial charge in [-0.25, -0.2) is 4.79 Å². The number of carbonyl (C=O) groups excluding carboxylic acids is 1. The Labute approximate surface area is 102 Å². The number of hydrogen-bond acceptors (Lipinski definition) is 4. The molecule has 0 unspecified atom stereocenters. The van der Waals surface area contributed by atoms with Gasteiger partial charge in [-0.2, -0.15) is 0 Å². The molecule has 1 saturated heterocycles. The predicted molar refractivity (Wildman–Crippen MR) is 64.7 cm³/mol. The minimum absolute atomic E-state index is 0.225. The van der Waals surface area contributed by atoms with Crippen molar-refractivity contribution in [2.45, 2.75) is 44.8 Å². The minimum Gasteiger partial charge on any atom is -0.457 e. The van der Waals surface area contributed by atoms with Crippen LogP contribution in [0.15, 0.2) is 11.6 Å². The maximum absolute atomic E-state index is 11.9. The summed E-state index contributed by atoms with van der Waals surface area (Å²) in [7, 11) is 0. The Morgan fingerprint density at radius 3 is 2.65 bits per heavy atom. The Hall–Kier alpha value is -0.870. The molecule has 1 spiro atoms. The molecule has 0 aromatic carbocycles. The summed E-state index contributed by atoms with van der Waals surface area (Å²) in [5, 5.41) is 3.29. The molecule has 0 radical (unpaired) electrons. The molecule has 2 rings (SSSR count). The van der Waals surface area contributed by atoms with Gasteiger partial charge in [-0.1, -0.05) is 0 Å². The number of esters is 1. The first kappa shape index (κ1) is 12.6. The summed E-state index contributed by atoms with van der Waals surface area (Å²) >= 11 is 0. The molecular weight excluding hydrogens is 218 g/mol. The van der Waals surface area contributed by atoms with Crippen molar-refractivity contribution in [3.8, 4) is 0 Å². The third-order valence-corrected chi connectivity index (χ3v) is 3.06. The van der Waals surface area contributed by atoms with Crippen molar-refractivity contribution >= 4 is 5.97 Å². The van der Waals surface area contributed by atoms with E-state index in [0.29, 0.717) is 12.2 Å². The number of nitrogens with one attached hydrogen (secondary N) is 1. The van der Waals surface area contributed by atoms with E-state index in [1.54, 1.807) is 0 Å². The van der Waals surface area contributed by atoms with Crippen LogP contribution in [0.2, 0.25) is 0 Å². The smallest absolute Gasteiger partial charge is 0.336 e. The zero-order chi connectivity index (χ0) is 12.5. The molecule has 1 fully saturated rings. The van der Waals surface area contributed by atoms with Crippen LogP contribution in [-0.2, 0) is 14.3 Å². The van der Waals surface area contributed by atoms with Gasteiger partial charge in [0.2, 0.25) is 0 Å². The van der Waals surface area contributed by atoms with Crippen LogP contribution < -0.4 is 5.32 Å². The topological polar surface area (TPSA) is 47.6 Å². The standard InChI is InChI=1S/C13H21NO3/c1-12(2,3)17-11(15)10-8-13(16-9-10)4-6-14-7-5-13/h8,14H,4-7,9H2,1-3H3. The van der Waals surface area contributed by atoms with Crippen LogP contribution in [0.4, 0.5) is 0 Å². The number of hydrogen-bond donors (Lipinski definition) is 1. The van der Waals surface area contributed by atoms with Crippen LogP contribution >= 0.6 is 0 Å². The normalized spacial score (nSPS) is 23.6. The Kier molecular flexibility index (Phi) is 3.27. The minimum atomic E-state index is -0.443. The van der Waals surface area contributed by atoms with E-state index in [-0.39, 0.29) is 11.6 Å². The van der Waals surface area contributed by atoms with Crippen LogP contribution in [0.5, 0.6) is 0 Å². The summed E-state index contributed by atoms with van der Waals surface area (Å²) in [6, 6.07) is 0. The zero-order valence-electron chi connectivity index (χ0n) is 10.8. The fraction of sp³-hybridized carbons (Fsp3) is 0.769. The van der Waals surface area contributed by atoms with Crippen molar-refractivity contribution in [2.75, 3.05) is 19.7 Å². The first-order chi connectivity index (χ1) is 7.90. The van der Waals surface area contributed by atoms with E-state index in [0.717, 1.165) is 25.9 Å². The second-order valence-corrected chi connectivity index (χ2v) is 5.77. The molecule has 1 N–H and O–H groups in total. The molecule has 96 valence electrons. The van der Waals surface area contributed by atoms with Gasteiger partial charge >= 0.3 is 5.97 Å². The third-order valence-electron chi connectivity index (χ3n) is 3.06. The Morgan fingerprint density at radius 2 is 2.06 bits per heavy atom. The van der Waals surface area contributed by atoms with Crippen molar-refractivity contribution in [3.05, 3.63) is 11.6 Å². The van der Waals surface area contributed by atoms with E-state index >= 15 is 0 Å². The maximum Gasteiger partial charge on any atom is 0.336 e. The van der Waals surface area contributed by atoms with Crippen molar-refractivity contribution < 1.29 is 14.3 Å². The van der Waals surface area contributed by atoms with Crippen molar-refractivity contribution in [2.24, 2.45) is 0 Å². The van der Waals surface area contributed by atoms with Crippen LogP contribution in [0, 0.1) is 0 Å². The molecule has 0 aromatic rings. The fourth-order valence-electron chi connectivity index (χ4n) is 2.22. The van der Waals surface area contributed by atoms with Crippen LogP contribution in [0.3, 0.4) is 0 Å². The van der Waals surface area contributed by atoms with Gasteiger partial charge in [0.25, 0.3) is 0 Å². The van der Waals surface area contributed by atoms with Crippen molar-refractivity contribution in [1.82, 2.24) is 5.32 Å². The average Bonchev–Trinajstić information content (AvgIpc) is 2.61. The van der Waals surface area contributed by atoms with E-state index in [4.69, 9.17) is 9.47 Å². The van der Waals surface area contributed by atoms with Crippen LogP contribution in [0.1, 0.15) is 33.6 Å². The fourth-order valence-corrected chi connectivity index (χ4v) is 2.22. The summed E-state index contributed by atoms with van der Waals surface area (Å²) < 4.78 is 11.1. The molecular formula is C13H21NO3. The molecule has 0 atom stereocenters. The summed E-state index contributed by atoms with van der Waals surface area (Å²) in [5.74, 6) is -0.243. The maximum atomic E-state index is 11.9. The quantitative estimate of drug-likeness (QED) is 0.703. The number of rotatable bonds is 1. The SMILES string of the molecule is CC(C)(C)OC(=O)C1=CC2(CCNCC2)OC1. The molecule has 0 saturated carbocycles. The molecule has 4 heteroatoms. The molecule has 17 heavy (non-hydrogen) atoms. The predicted octanol–water partition coefficient (Wildman–Crippen LogP) is 1.41. The van der Waals surface area contributed by atoms with E-state index in [9.17, 15) is 4.79 Å². The molecule has 0 amide bonds. The summed E-state index contributed by atoms with van der Waals surface area (Å²) in [6.07, 6.45) is 3.83. The highest BCUT2D eigenvalue weighted by Gasteiger charge is 2.38. The highest BCUT2D eigenvalue weighted by molar-refractivity contribution is 5.89. The zero-order valence-corrected chi connectivity index (χ0v) is 10.8. The van der Waals surface area contributed by atoms with Gasteiger partial charge in [0.1, 0.15) is 5.60 Å². The highest BCUT2D eigenvalue weighted by Crippen LogP contribution is 2.32. The number of carbonyl (C=O) groups is 1. The second-order valence-electron chi connectivity index (χ2n) is 5.77. The largest absolute Gasteiger partial charge is 0.457 e. The van der Waals surface area contributed by atoms with Gasteiger partial charge in [0.05, 0.1) is 17.8 Å². The molecule has 0 aliphatic carbocycles. The second kappa shape index (κ2) is 4.42. The Balaban J connectivity index is 2.03. The molecule has 0 aromatic heterocycles. The molecule has 4 nitrogen and oxygen atoms in total. The van der Waals surface area contributed by atoms with Crippen LogP contribution in [0.25, 0.3) is 0 Å². The lowest BCUT2D eigenvalue weighted by molar-refractivity contribution is -0.150. The van der Waals surface area contributed by atoms with E-state index < -0.39 is 5.60 Å². The molecule has 2 aliphatic rings.